The van der Waals surface area contributed by atoms with Gasteiger partial charge in [-0.15, -0.1) is 11.3 Å². The average molecular weight is 276 g/mol. The number of pyridine rings is 1. The number of carbonyl (C=O) groups excluding carboxylic acids is 2. The summed E-state index contributed by atoms with van der Waals surface area (Å²) < 4.78 is 0. The molecule has 19 heavy (non-hydrogen) atoms. The standard InChI is InChI=1S/C12H12N4O2S/c1-7-3-4-13-9(5-7)15-10(17)11(18)16-12-14-8(2)6-19-12/h3-6H,1-2H3,(H,13,15,17)(H,14,16,18). The summed E-state index contributed by atoms with van der Waals surface area (Å²) in [6, 6.07) is 3.48. The van der Waals surface area contributed by atoms with E-state index < -0.39 is 11.8 Å². The lowest BCUT2D eigenvalue weighted by atomic mass is 10.3. The van der Waals surface area contributed by atoms with Crippen LogP contribution in [0.5, 0.6) is 0 Å². The summed E-state index contributed by atoms with van der Waals surface area (Å²) in [5.74, 6) is -1.20. The number of amides is 2. The lowest BCUT2D eigenvalue weighted by Gasteiger charge is -2.04. The second-order valence-corrected chi connectivity index (χ2v) is 4.78. The number of carbonyl (C=O) groups is 2. The van der Waals surface area contributed by atoms with Crippen LogP contribution in [-0.4, -0.2) is 21.8 Å². The van der Waals surface area contributed by atoms with Crippen LogP contribution < -0.4 is 10.6 Å². The van der Waals surface area contributed by atoms with Crippen molar-refractivity contribution in [3.8, 4) is 0 Å². The quantitative estimate of drug-likeness (QED) is 0.818. The summed E-state index contributed by atoms with van der Waals surface area (Å²) in [5, 5.41) is 7.04. The van der Waals surface area contributed by atoms with Gasteiger partial charge in [0, 0.05) is 11.6 Å². The first-order valence-corrected chi connectivity index (χ1v) is 6.39. The van der Waals surface area contributed by atoms with Crippen molar-refractivity contribution in [3.05, 3.63) is 35.0 Å². The van der Waals surface area contributed by atoms with Gasteiger partial charge in [0.05, 0.1) is 5.69 Å². The van der Waals surface area contributed by atoms with Crippen molar-refractivity contribution in [1.29, 1.82) is 0 Å². The maximum Gasteiger partial charge on any atom is 0.315 e. The van der Waals surface area contributed by atoms with Crippen LogP contribution >= 0.6 is 11.3 Å². The molecule has 6 nitrogen and oxygen atoms in total. The Labute approximate surface area is 113 Å². The molecule has 0 atom stereocenters. The fourth-order valence-electron chi connectivity index (χ4n) is 1.34. The topological polar surface area (TPSA) is 84.0 Å². The Bertz CT molecular complexity index is 624. The molecule has 0 radical (unpaired) electrons. The molecule has 0 fully saturated rings. The molecule has 2 amide bonds. The molecule has 0 saturated carbocycles. The maximum absolute atomic E-state index is 11.6. The first-order valence-electron chi connectivity index (χ1n) is 5.52. The van der Waals surface area contributed by atoms with E-state index >= 15 is 0 Å². The molecule has 2 rings (SSSR count). The summed E-state index contributed by atoms with van der Waals surface area (Å²) >= 11 is 1.27. The Kier molecular flexibility index (Phi) is 3.86. The minimum atomic E-state index is -0.772. The van der Waals surface area contributed by atoms with Gasteiger partial charge >= 0.3 is 11.8 Å². The Hall–Kier alpha value is -2.28. The molecule has 2 aromatic heterocycles. The normalized spacial score (nSPS) is 10.0. The zero-order chi connectivity index (χ0) is 13.8. The van der Waals surface area contributed by atoms with Gasteiger partial charge in [-0.1, -0.05) is 0 Å². The molecule has 0 aliphatic carbocycles. The number of nitrogens with one attached hydrogen (secondary N) is 2. The molecular formula is C12H12N4O2S. The van der Waals surface area contributed by atoms with Gasteiger partial charge in [0.1, 0.15) is 5.82 Å². The van der Waals surface area contributed by atoms with E-state index in [-0.39, 0.29) is 0 Å². The van der Waals surface area contributed by atoms with Gasteiger partial charge in [-0.3, -0.25) is 14.9 Å². The first-order chi connectivity index (χ1) is 9.04. The first kappa shape index (κ1) is 13.2. The Morgan fingerprint density at radius 2 is 1.95 bits per heavy atom. The molecule has 7 heteroatoms. The van der Waals surface area contributed by atoms with E-state index in [4.69, 9.17) is 0 Å². The van der Waals surface area contributed by atoms with Gasteiger partial charge in [-0.05, 0) is 31.5 Å². The van der Waals surface area contributed by atoms with Crippen LogP contribution in [0.4, 0.5) is 10.9 Å². The zero-order valence-electron chi connectivity index (χ0n) is 10.4. The van der Waals surface area contributed by atoms with Crippen molar-refractivity contribution in [3.63, 3.8) is 0 Å². The third kappa shape index (κ3) is 3.59. The van der Waals surface area contributed by atoms with Gasteiger partial charge in [-0.2, -0.15) is 0 Å². The predicted molar refractivity (Wildman–Crippen MR) is 73.1 cm³/mol. The second kappa shape index (κ2) is 5.57. The monoisotopic (exact) mass is 276 g/mol. The molecule has 2 aromatic rings. The smallest absolute Gasteiger partial charge is 0.302 e. The van der Waals surface area contributed by atoms with Gasteiger partial charge in [-0.25, -0.2) is 9.97 Å². The number of hydrogen-bond acceptors (Lipinski definition) is 5. The van der Waals surface area contributed by atoms with Crippen LogP contribution in [-0.2, 0) is 9.59 Å². The van der Waals surface area contributed by atoms with Crippen LogP contribution in [0.1, 0.15) is 11.3 Å². The third-order valence-corrected chi connectivity index (χ3v) is 3.08. The molecule has 0 aliphatic rings. The van der Waals surface area contributed by atoms with E-state index in [0.717, 1.165) is 11.3 Å². The lowest BCUT2D eigenvalue weighted by Crippen LogP contribution is -2.29. The number of thiazole rings is 1. The van der Waals surface area contributed by atoms with E-state index in [9.17, 15) is 9.59 Å². The summed E-state index contributed by atoms with van der Waals surface area (Å²) in [5.41, 5.74) is 1.74. The summed E-state index contributed by atoms with van der Waals surface area (Å²) in [7, 11) is 0. The average Bonchev–Trinajstić information content (AvgIpc) is 2.74. The summed E-state index contributed by atoms with van der Waals surface area (Å²) in [6.07, 6.45) is 1.56. The highest BCUT2D eigenvalue weighted by Crippen LogP contribution is 2.14. The Morgan fingerprint density at radius 3 is 2.58 bits per heavy atom. The Balaban J connectivity index is 1.98. The van der Waals surface area contributed by atoms with E-state index in [0.29, 0.717) is 10.9 Å². The van der Waals surface area contributed by atoms with Crippen molar-refractivity contribution in [2.75, 3.05) is 10.6 Å². The van der Waals surface area contributed by atoms with Crippen LogP contribution in [0.2, 0.25) is 0 Å². The fraction of sp³-hybridized carbons (Fsp3) is 0.167. The van der Waals surface area contributed by atoms with Gasteiger partial charge in [0.25, 0.3) is 0 Å². The van der Waals surface area contributed by atoms with Crippen molar-refractivity contribution >= 4 is 34.1 Å². The highest BCUT2D eigenvalue weighted by Gasteiger charge is 2.15. The van der Waals surface area contributed by atoms with E-state index in [1.54, 1.807) is 23.7 Å². The van der Waals surface area contributed by atoms with Gasteiger partial charge in [0.15, 0.2) is 5.13 Å². The molecule has 0 spiro atoms. The number of rotatable bonds is 2. The fourth-order valence-corrected chi connectivity index (χ4v) is 2.03. The molecule has 2 heterocycles. The summed E-state index contributed by atoms with van der Waals surface area (Å²) in [6.45, 7) is 3.68. The third-order valence-electron chi connectivity index (χ3n) is 2.20. The van der Waals surface area contributed by atoms with Gasteiger partial charge < -0.3 is 5.32 Å². The molecule has 2 N–H and O–H groups in total. The molecule has 0 aliphatic heterocycles. The maximum atomic E-state index is 11.6. The number of nitrogens with zero attached hydrogens (tertiary/aromatic N) is 2. The molecular weight excluding hydrogens is 264 g/mol. The summed E-state index contributed by atoms with van der Waals surface area (Å²) in [4.78, 5) is 31.3. The predicted octanol–water partition coefficient (Wildman–Crippen LogP) is 1.73. The molecule has 98 valence electrons. The second-order valence-electron chi connectivity index (χ2n) is 3.92. The number of aryl methyl sites for hydroxylation is 2. The van der Waals surface area contributed by atoms with Crippen molar-refractivity contribution in [2.24, 2.45) is 0 Å². The minimum absolute atomic E-state index is 0.343. The van der Waals surface area contributed by atoms with Crippen LogP contribution in [0.3, 0.4) is 0 Å². The highest BCUT2D eigenvalue weighted by molar-refractivity contribution is 7.14. The minimum Gasteiger partial charge on any atom is -0.302 e. The lowest BCUT2D eigenvalue weighted by molar-refractivity contribution is -0.133. The van der Waals surface area contributed by atoms with Crippen LogP contribution in [0.15, 0.2) is 23.7 Å². The molecule has 0 aromatic carbocycles. The van der Waals surface area contributed by atoms with E-state index in [1.165, 1.54) is 11.3 Å². The van der Waals surface area contributed by atoms with Crippen molar-refractivity contribution in [2.45, 2.75) is 13.8 Å². The molecule has 0 saturated heterocycles. The molecule has 0 bridgehead atoms. The van der Waals surface area contributed by atoms with Crippen LogP contribution in [0, 0.1) is 13.8 Å². The largest absolute Gasteiger partial charge is 0.315 e. The van der Waals surface area contributed by atoms with Crippen molar-refractivity contribution < 1.29 is 9.59 Å². The van der Waals surface area contributed by atoms with Crippen molar-refractivity contribution in [1.82, 2.24) is 9.97 Å². The number of hydrogen-bond donors (Lipinski definition) is 2. The number of aromatic nitrogens is 2. The number of anilines is 2. The van der Waals surface area contributed by atoms with E-state index in [2.05, 4.69) is 20.6 Å². The van der Waals surface area contributed by atoms with Crippen LogP contribution in [0.25, 0.3) is 0 Å². The Morgan fingerprint density at radius 1 is 1.21 bits per heavy atom. The molecule has 0 unspecified atom stereocenters. The zero-order valence-corrected chi connectivity index (χ0v) is 11.2. The van der Waals surface area contributed by atoms with E-state index in [1.807, 2.05) is 13.8 Å². The van der Waals surface area contributed by atoms with Gasteiger partial charge in [0.2, 0.25) is 0 Å². The highest BCUT2D eigenvalue weighted by atomic mass is 32.1. The SMILES string of the molecule is Cc1ccnc(NC(=O)C(=O)Nc2nc(C)cs2)c1.